The molecular weight excluding hydrogens is 353 g/mol. The molecule has 2 aromatic carbocycles. The third-order valence-corrected chi connectivity index (χ3v) is 3.20. The van der Waals surface area contributed by atoms with Gasteiger partial charge in [0.05, 0.1) is 26.1 Å². The summed E-state index contributed by atoms with van der Waals surface area (Å²) in [6, 6.07) is 6.69. The smallest absolute Gasteiger partial charge is 0.265 e. The molecule has 0 saturated heterocycles. The number of nitrogens with one attached hydrogen (secondary N) is 1. The van der Waals surface area contributed by atoms with Crippen LogP contribution in [0.1, 0.15) is 5.56 Å². The molecule has 0 fully saturated rings. The SMILES string of the molecule is COc1cccc(/C=N\OCC(=O)Nc2ccc(F)c(F)c2F)c1OC. The third-order valence-electron chi connectivity index (χ3n) is 3.20. The maximum Gasteiger partial charge on any atom is 0.265 e. The number of rotatable bonds is 7. The second-order valence-electron chi connectivity index (χ2n) is 4.86. The number of anilines is 1. The van der Waals surface area contributed by atoms with Crippen molar-refractivity contribution in [3.05, 3.63) is 53.3 Å². The average Bonchev–Trinajstić information content (AvgIpc) is 2.65. The van der Waals surface area contributed by atoms with Crippen molar-refractivity contribution < 1.29 is 32.3 Å². The van der Waals surface area contributed by atoms with Gasteiger partial charge in [-0.15, -0.1) is 0 Å². The minimum Gasteiger partial charge on any atom is -0.493 e. The van der Waals surface area contributed by atoms with Crippen molar-refractivity contribution in [2.75, 3.05) is 26.1 Å². The Bertz CT molecular complexity index is 828. The van der Waals surface area contributed by atoms with Crippen LogP contribution in [-0.4, -0.2) is 32.9 Å². The second-order valence-corrected chi connectivity index (χ2v) is 4.86. The van der Waals surface area contributed by atoms with Crippen LogP contribution in [0.4, 0.5) is 18.9 Å². The van der Waals surface area contributed by atoms with Crippen molar-refractivity contribution in [1.29, 1.82) is 0 Å². The van der Waals surface area contributed by atoms with Crippen LogP contribution in [0.15, 0.2) is 35.5 Å². The maximum absolute atomic E-state index is 13.5. The lowest BCUT2D eigenvalue weighted by Gasteiger charge is -2.09. The topological polar surface area (TPSA) is 69.2 Å². The molecule has 0 heterocycles. The molecule has 0 aliphatic heterocycles. The van der Waals surface area contributed by atoms with Gasteiger partial charge in [0.25, 0.3) is 5.91 Å². The molecule has 0 radical (unpaired) electrons. The van der Waals surface area contributed by atoms with Gasteiger partial charge in [-0.2, -0.15) is 0 Å². The van der Waals surface area contributed by atoms with Crippen molar-refractivity contribution in [3.8, 4) is 11.5 Å². The molecule has 26 heavy (non-hydrogen) atoms. The Morgan fingerprint density at radius 1 is 1.12 bits per heavy atom. The number of halogens is 3. The Labute approximate surface area is 147 Å². The fourth-order valence-corrected chi connectivity index (χ4v) is 2.01. The van der Waals surface area contributed by atoms with Crippen LogP contribution in [0, 0.1) is 17.5 Å². The minimum atomic E-state index is -1.67. The van der Waals surface area contributed by atoms with E-state index >= 15 is 0 Å². The van der Waals surface area contributed by atoms with Crippen molar-refractivity contribution in [2.24, 2.45) is 5.16 Å². The molecule has 9 heteroatoms. The molecule has 138 valence electrons. The Hall–Kier alpha value is -3.23. The summed E-state index contributed by atoms with van der Waals surface area (Å²) in [6.07, 6.45) is 1.30. The number of amides is 1. The normalized spacial score (nSPS) is 10.7. The lowest BCUT2D eigenvalue weighted by Crippen LogP contribution is -2.18. The van der Waals surface area contributed by atoms with Gasteiger partial charge < -0.3 is 19.6 Å². The van der Waals surface area contributed by atoms with E-state index in [4.69, 9.17) is 14.3 Å². The number of hydrogen-bond donors (Lipinski definition) is 1. The predicted molar refractivity (Wildman–Crippen MR) is 88.0 cm³/mol. The zero-order chi connectivity index (χ0) is 19.1. The molecule has 2 aromatic rings. The largest absolute Gasteiger partial charge is 0.493 e. The van der Waals surface area contributed by atoms with E-state index in [9.17, 15) is 18.0 Å². The standard InChI is InChI=1S/C17H15F3N2O4/c1-24-13-5-3-4-10(17(13)25-2)8-21-26-9-14(23)22-12-7-6-11(18)15(19)16(12)20/h3-8H,9H2,1-2H3,(H,22,23)/b21-8-. The Morgan fingerprint density at radius 3 is 2.58 bits per heavy atom. The van der Waals surface area contributed by atoms with Crippen LogP contribution in [0.25, 0.3) is 0 Å². The van der Waals surface area contributed by atoms with E-state index in [0.717, 1.165) is 6.07 Å². The molecule has 0 unspecified atom stereocenters. The lowest BCUT2D eigenvalue weighted by molar-refractivity contribution is -0.120. The fraction of sp³-hybridized carbons (Fsp3) is 0.176. The summed E-state index contributed by atoms with van der Waals surface area (Å²) < 4.78 is 49.7. The van der Waals surface area contributed by atoms with Crippen molar-refractivity contribution >= 4 is 17.8 Å². The zero-order valence-electron chi connectivity index (χ0n) is 13.9. The van der Waals surface area contributed by atoms with Gasteiger partial charge in [-0.25, -0.2) is 13.2 Å². The summed E-state index contributed by atoms with van der Waals surface area (Å²) in [4.78, 5) is 16.5. The van der Waals surface area contributed by atoms with E-state index in [1.54, 1.807) is 18.2 Å². The maximum atomic E-state index is 13.5. The Kier molecular flexibility index (Phi) is 6.42. The molecule has 1 N–H and O–H groups in total. The third kappa shape index (κ3) is 4.44. The molecule has 0 spiro atoms. The molecule has 0 aromatic heterocycles. The van der Waals surface area contributed by atoms with E-state index in [0.29, 0.717) is 23.1 Å². The van der Waals surface area contributed by atoms with Crippen LogP contribution in [0.2, 0.25) is 0 Å². The monoisotopic (exact) mass is 368 g/mol. The van der Waals surface area contributed by atoms with E-state index in [-0.39, 0.29) is 0 Å². The first-order valence-electron chi connectivity index (χ1n) is 7.27. The van der Waals surface area contributed by atoms with Crippen LogP contribution in [-0.2, 0) is 9.63 Å². The summed E-state index contributed by atoms with van der Waals surface area (Å²) in [5, 5.41) is 5.67. The van der Waals surface area contributed by atoms with Crippen LogP contribution in [0.3, 0.4) is 0 Å². The number of hydrogen-bond acceptors (Lipinski definition) is 5. The van der Waals surface area contributed by atoms with Crippen LogP contribution < -0.4 is 14.8 Å². The summed E-state index contributed by atoms with van der Waals surface area (Å²) in [5.74, 6) is -4.41. The number of para-hydroxylation sites is 1. The number of benzene rings is 2. The van der Waals surface area contributed by atoms with E-state index in [1.807, 2.05) is 0 Å². The summed E-state index contributed by atoms with van der Waals surface area (Å²) >= 11 is 0. The van der Waals surface area contributed by atoms with Crippen LogP contribution in [0.5, 0.6) is 11.5 Å². The van der Waals surface area contributed by atoms with Gasteiger partial charge >= 0.3 is 0 Å². The molecule has 6 nitrogen and oxygen atoms in total. The number of carbonyl (C=O) groups excluding carboxylic acids is 1. The van der Waals surface area contributed by atoms with E-state index in [1.165, 1.54) is 20.4 Å². The van der Waals surface area contributed by atoms with Gasteiger partial charge in [-0.3, -0.25) is 4.79 Å². The molecular formula is C17H15F3N2O4. The van der Waals surface area contributed by atoms with Gasteiger partial charge in [-0.1, -0.05) is 11.2 Å². The molecule has 0 bridgehead atoms. The molecule has 2 rings (SSSR count). The first kappa shape index (κ1) is 19.1. The van der Waals surface area contributed by atoms with Gasteiger partial charge in [0.15, 0.2) is 35.6 Å². The van der Waals surface area contributed by atoms with Gasteiger partial charge in [0.2, 0.25) is 0 Å². The average molecular weight is 368 g/mol. The van der Waals surface area contributed by atoms with Gasteiger partial charge in [-0.05, 0) is 24.3 Å². The molecule has 0 aliphatic rings. The number of ether oxygens (including phenoxy) is 2. The molecule has 0 atom stereocenters. The highest BCUT2D eigenvalue weighted by Gasteiger charge is 2.15. The molecule has 0 saturated carbocycles. The summed E-state index contributed by atoms with van der Waals surface area (Å²) in [5.41, 5.74) is 0.0369. The fourth-order valence-electron chi connectivity index (χ4n) is 2.01. The molecule has 1 amide bonds. The quantitative estimate of drug-likeness (QED) is 0.463. The predicted octanol–water partition coefficient (Wildman–Crippen LogP) is 3.11. The van der Waals surface area contributed by atoms with Crippen molar-refractivity contribution in [3.63, 3.8) is 0 Å². The highest BCUT2D eigenvalue weighted by atomic mass is 19.2. The van der Waals surface area contributed by atoms with E-state index < -0.39 is 35.7 Å². The highest BCUT2D eigenvalue weighted by molar-refractivity contribution is 5.92. The van der Waals surface area contributed by atoms with E-state index in [2.05, 4.69) is 10.5 Å². The molecule has 0 aliphatic carbocycles. The zero-order valence-corrected chi connectivity index (χ0v) is 13.9. The first-order valence-corrected chi connectivity index (χ1v) is 7.27. The van der Waals surface area contributed by atoms with Gasteiger partial charge in [0, 0.05) is 5.56 Å². The second kappa shape index (κ2) is 8.75. The first-order chi connectivity index (χ1) is 12.5. The van der Waals surface area contributed by atoms with Crippen molar-refractivity contribution in [2.45, 2.75) is 0 Å². The summed E-state index contributed by atoms with van der Waals surface area (Å²) in [6.45, 7) is -0.568. The summed E-state index contributed by atoms with van der Waals surface area (Å²) in [7, 11) is 2.94. The Morgan fingerprint density at radius 2 is 1.88 bits per heavy atom. The van der Waals surface area contributed by atoms with Crippen molar-refractivity contribution in [1.82, 2.24) is 0 Å². The number of nitrogens with zero attached hydrogens (tertiary/aromatic N) is 1. The highest BCUT2D eigenvalue weighted by Crippen LogP contribution is 2.29. The number of oxime groups is 1. The lowest BCUT2D eigenvalue weighted by atomic mass is 10.2. The van der Waals surface area contributed by atoms with Crippen LogP contribution >= 0.6 is 0 Å². The number of methoxy groups -OCH3 is 2. The minimum absolute atomic E-state index is 0.427. The Balaban J connectivity index is 1.95. The number of carbonyl (C=O) groups is 1. The van der Waals surface area contributed by atoms with Gasteiger partial charge in [0.1, 0.15) is 0 Å².